The average Bonchev–Trinajstić information content (AvgIpc) is 2.34. The number of phenols is 1. The molecule has 0 radical (unpaired) electrons. The topological polar surface area (TPSA) is 107 Å². The van der Waals surface area contributed by atoms with Crippen molar-refractivity contribution < 1.29 is 24.9 Å². The van der Waals surface area contributed by atoms with Gasteiger partial charge in [0.05, 0.1) is 0 Å². The molecule has 0 spiro atoms. The highest BCUT2D eigenvalue weighted by Crippen LogP contribution is 2.23. The fourth-order valence-electron chi connectivity index (χ4n) is 1.50. The van der Waals surface area contributed by atoms with Gasteiger partial charge in [-0.1, -0.05) is 6.07 Å². The molecule has 1 amide bonds. The van der Waals surface area contributed by atoms with E-state index in [2.05, 4.69) is 5.32 Å². The number of aliphatic hydroxyl groups excluding tert-OH is 2. The van der Waals surface area contributed by atoms with E-state index in [9.17, 15) is 24.9 Å². The van der Waals surface area contributed by atoms with Gasteiger partial charge in [-0.3, -0.25) is 9.59 Å². The third-order valence-electron chi connectivity index (χ3n) is 2.44. The van der Waals surface area contributed by atoms with Gasteiger partial charge >= 0.3 is 0 Å². The summed E-state index contributed by atoms with van der Waals surface area (Å²) in [6, 6.07) is 3.84. The molecule has 18 heavy (non-hydrogen) atoms. The number of aliphatic hydroxyl groups is 2. The number of rotatable bonds is 5. The summed E-state index contributed by atoms with van der Waals surface area (Å²) < 4.78 is 0. The largest absolute Gasteiger partial charge is 0.508 e. The van der Waals surface area contributed by atoms with Crippen LogP contribution in [0.5, 0.6) is 5.75 Å². The van der Waals surface area contributed by atoms with Crippen molar-refractivity contribution in [2.45, 2.75) is 19.1 Å². The number of hydrogen-bond acceptors (Lipinski definition) is 5. The van der Waals surface area contributed by atoms with Gasteiger partial charge in [0.25, 0.3) is 0 Å². The van der Waals surface area contributed by atoms with Crippen LogP contribution in [0.1, 0.15) is 28.9 Å². The number of hydrogen-bond donors (Lipinski definition) is 4. The molecule has 2 unspecified atom stereocenters. The third kappa shape index (κ3) is 3.54. The molecule has 1 aromatic carbocycles. The van der Waals surface area contributed by atoms with Crippen LogP contribution in [-0.4, -0.2) is 40.2 Å². The second kappa shape index (κ2) is 6.13. The first kappa shape index (κ1) is 14.1. The maximum atomic E-state index is 10.8. The molecule has 4 N–H and O–H groups in total. The van der Waals surface area contributed by atoms with Crippen molar-refractivity contribution in [3.63, 3.8) is 0 Å². The van der Waals surface area contributed by atoms with E-state index < -0.39 is 12.2 Å². The summed E-state index contributed by atoms with van der Waals surface area (Å²) in [4.78, 5) is 21.5. The molecule has 0 heterocycles. The highest BCUT2D eigenvalue weighted by molar-refractivity contribution is 5.78. The van der Waals surface area contributed by atoms with E-state index in [-0.39, 0.29) is 29.3 Å². The first-order chi connectivity index (χ1) is 8.45. The molecule has 0 aliphatic rings. The number of carbonyl (C=O) groups excluding carboxylic acids is 2. The minimum atomic E-state index is -1.32. The lowest BCUT2D eigenvalue weighted by Gasteiger charge is -2.19. The molecule has 1 rings (SSSR count). The van der Waals surface area contributed by atoms with Crippen LogP contribution in [0.15, 0.2) is 18.2 Å². The van der Waals surface area contributed by atoms with Crippen molar-refractivity contribution in [3.05, 3.63) is 29.3 Å². The van der Waals surface area contributed by atoms with Gasteiger partial charge in [-0.05, 0) is 17.7 Å². The molecule has 1 aromatic rings. The van der Waals surface area contributed by atoms with Crippen molar-refractivity contribution in [1.82, 2.24) is 5.32 Å². The maximum absolute atomic E-state index is 10.8. The zero-order valence-corrected chi connectivity index (χ0v) is 9.83. The lowest BCUT2D eigenvalue weighted by Crippen LogP contribution is -2.34. The van der Waals surface area contributed by atoms with Crippen molar-refractivity contribution in [2.24, 2.45) is 0 Å². The van der Waals surface area contributed by atoms with Gasteiger partial charge in [0.15, 0.2) is 6.29 Å². The van der Waals surface area contributed by atoms with Crippen LogP contribution >= 0.6 is 0 Å². The quantitative estimate of drug-likeness (QED) is 0.541. The molecule has 0 fully saturated rings. The Bertz CT molecular complexity index is 446. The number of amides is 1. The van der Waals surface area contributed by atoms with E-state index in [1.165, 1.54) is 25.1 Å². The summed E-state index contributed by atoms with van der Waals surface area (Å²) in [6.45, 7) is 1.16. The molecule has 0 aliphatic heterocycles. The predicted octanol–water partition coefficient (Wildman–Crippen LogP) is -0.265. The Morgan fingerprint density at radius 3 is 2.67 bits per heavy atom. The van der Waals surface area contributed by atoms with Crippen LogP contribution in [-0.2, 0) is 4.79 Å². The highest BCUT2D eigenvalue weighted by atomic mass is 16.3. The summed E-state index contributed by atoms with van der Waals surface area (Å²) in [5.41, 5.74) is 0.282. The van der Waals surface area contributed by atoms with E-state index in [0.29, 0.717) is 6.29 Å². The Hall–Kier alpha value is -1.92. The number of benzene rings is 1. The van der Waals surface area contributed by atoms with E-state index in [1.807, 2.05) is 0 Å². The average molecular weight is 253 g/mol. The van der Waals surface area contributed by atoms with Crippen molar-refractivity contribution in [3.8, 4) is 5.75 Å². The van der Waals surface area contributed by atoms with Crippen LogP contribution in [0, 0.1) is 0 Å². The van der Waals surface area contributed by atoms with E-state index in [1.54, 1.807) is 0 Å². The first-order valence-corrected chi connectivity index (χ1v) is 5.34. The molecule has 0 saturated carbocycles. The lowest BCUT2D eigenvalue weighted by atomic mass is 9.99. The zero-order chi connectivity index (χ0) is 13.7. The fraction of sp³-hybridized carbons (Fsp3) is 0.333. The Morgan fingerprint density at radius 2 is 2.11 bits per heavy atom. The molecule has 2 atom stereocenters. The van der Waals surface area contributed by atoms with Gasteiger partial charge in [0.1, 0.15) is 18.0 Å². The van der Waals surface area contributed by atoms with Gasteiger partial charge in [0, 0.05) is 19.0 Å². The Kier molecular flexibility index (Phi) is 4.82. The zero-order valence-electron chi connectivity index (χ0n) is 9.83. The first-order valence-electron chi connectivity index (χ1n) is 5.34. The SMILES string of the molecule is CC(=O)NCC(O)C(O)c1ccc(O)cc1C=O. The number of phenolic OH excluding ortho intramolecular Hbond substituents is 1. The van der Waals surface area contributed by atoms with Gasteiger partial charge in [0.2, 0.25) is 5.91 Å². The number of nitrogens with one attached hydrogen (secondary N) is 1. The van der Waals surface area contributed by atoms with Crippen LogP contribution in [0.25, 0.3) is 0 Å². The van der Waals surface area contributed by atoms with Gasteiger partial charge in [-0.2, -0.15) is 0 Å². The molecule has 0 aromatic heterocycles. The summed E-state index contributed by atoms with van der Waals surface area (Å²) in [6.07, 6.45) is -2.08. The maximum Gasteiger partial charge on any atom is 0.216 e. The van der Waals surface area contributed by atoms with Crippen molar-refractivity contribution in [1.29, 1.82) is 0 Å². The van der Waals surface area contributed by atoms with Crippen LogP contribution in [0.2, 0.25) is 0 Å². The Balaban J connectivity index is 2.85. The molecule has 0 bridgehead atoms. The number of carbonyl (C=O) groups is 2. The van der Waals surface area contributed by atoms with Gasteiger partial charge in [-0.25, -0.2) is 0 Å². The standard InChI is InChI=1S/C12H15NO5/c1-7(15)13-5-11(17)12(18)10-3-2-9(16)4-8(10)6-14/h2-4,6,11-12,16-18H,5H2,1H3,(H,13,15). The van der Waals surface area contributed by atoms with Gasteiger partial charge < -0.3 is 20.6 Å². The predicted molar refractivity (Wildman–Crippen MR) is 63.1 cm³/mol. The summed E-state index contributed by atoms with van der Waals surface area (Å²) in [7, 11) is 0. The second-order valence-corrected chi connectivity index (χ2v) is 3.88. The summed E-state index contributed by atoms with van der Waals surface area (Å²) in [5.74, 6) is -0.438. The molecule has 6 nitrogen and oxygen atoms in total. The van der Waals surface area contributed by atoms with Crippen LogP contribution < -0.4 is 5.32 Å². The molecule has 98 valence electrons. The molecule has 6 heteroatoms. The van der Waals surface area contributed by atoms with E-state index in [0.717, 1.165) is 0 Å². The minimum absolute atomic E-state index is 0.0874. The van der Waals surface area contributed by atoms with E-state index >= 15 is 0 Å². The molecule has 0 saturated heterocycles. The van der Waals surface area contributed by atoms with Crippen molar-refractivity contribution >= 4 is 12.2 Å². The normalized spacial score (nSPS) is 13.7. The third-order valence-corrected chi connectivity index (χ3v) is 2.44. The number of aldehydes is 1. The van der Waals surface area contributed by atoms with Crippen molar-refractivity contribution in [2.75, 3.05) is 6.54 Å². The monoisotopic (exact) mass is 253 g/mol. The molecule has 0 aliphatic carbocycles. The van der Waals surface area contributed by atoms with E-state index in [4.69, 9.17) is 0 Å². The fourth-order valence-corrected chi connectivity index (χ4v) is 1.50. The summed E-state index contributed by atoms with van der Waals surface area (Å²) in [5, 5.41) is 31.1. The highest BCUT2D eigenvalue weighted by Gasteiger charge is 2.21. The lowest BCUT2D eigenvalue weighted by molar-refractivity contribution is -0.119. The van der Waals surface area contributed by atoms with Crippen LogP contribution in [0.3, 0.4) is 0 Å². The minimum Gasteiger partial charge on any atom is -0.508 e. The second-order valence-electron chi connectivity index (χ2n) is 3.88. The van der Waals surface area contributed by atoms with Gasteiger partial charge in [-0.15, -0.1) is 0 Å². The van der Waals surface area contributed by atoms with Crippen LogP contribution in [0.4, 0.5) is 0 Å². The number of aromatic hydroxyl groups is 1. The smallest absolute Gasteiger partial charge is 0.216 e. The Morgan fingerprint density at radius 1 is 1.44 bits per heavy atom. The summed E-state index contributed by atoms with van der Waals surface area (Å²) >= 11 is 0. The molecular weight excluding hydrogens is 238 g/mol. The Labute approximate surface area is 104 Å². The molecular formula is C12H15NO5.